The van der Waals surface area contributed by atoms with E-state index in [4.69, 9.17) is 11.6 Å². The lowest BCUT2D eigenvalue weighted by Crippen LogP contribution is -2.11. The smallest absolute Gasteiger partial charge is 0.125 e. The fourth-order valence-corrected chi connectivity index (χ4v) is 4.63. The van der Waals surface area contributed by atoms with Crippen LogP contribution in [0.4, 0.5) is 4.39 Å². The van der Waals surface area contributed by atoms with Crippen molar-refractivity contribution in [1.29, 1.82) is 0 Å². The number of imidazole rings is 1. The second kappa shape index (κ2) is 6.57. The molecule has 3 rings (SSSR count). The Morgan fingerprint density at radius 2 is 2.29 bits per heavy atom. The van der Waals surface area contributed by atoms with Crippen LogP contribution in [0.2, 0.25) is 0 Å². The molecule has 1 aromatic carbocycles. The van der Waals surface area contributed by atoms with Crippen LogP contribution in [-0.2, 0) is 6.42 Å². The van der Waals surface area contributed by atoms with Crippen molar-refractivity contribution in [3.05, 3.63) is 29.8 Å². The maximum absolute atomic E-state index is 13.4. The first kappa shape index (κ1) is 15.2. The molecule has 1 aromatic heterocycles. The van der Waals surface area contributed by atoms with Crippen LogP contribution in [0.5, 0.6) is 0 Å². The minimum Gasteiger partial charge on any atom is -0.325 e. The summed E-state index contributed by atoms with van der Waals surface area (Å²) in [6.07, 6.45) is 4.34. The van der Waals surface area contributed by atoms with Gasteiger partial charge in [0.15, 0.2) is 0 Å². The van der Waals surface area contributed by atoms with Gasteiger partial charge in [-0.15, -0.1) is 11.6 Å². The molecule has 1 aliphatic carbocycles. The fourth-order valence-electron chi connectivity index (χ4n) is 3.33. The van der Waals surface area contributed by atoms with E-state index in [0.29, 0.717) is 11.9 Å². The van der Waals surface area contributed by atoms with Gasteiger partial charge in [-0.05, 0) is 37.1 Å². The molecule has 0 N–H and O–H groups in total. The third-order valence-electron chi connectivity index (χ3n) is 4.17. The first-order valence-corrected chi connectivity index (χ1v) is 9.15. The van der Waals surface area contributed by atoms with E-state index >= 15 is 0 Å². The fraction of sp³-hybridized carbons (Fsp3) is 0.562. The number of fused-ring (bicyclic) bond motifs is 1. The van der Waals surface area contributed by atoms with Crippen LogP contribution in [0, 0.1) is 5.82 Å². The quantitative estimate of drug-likeness (QED) is 0.734. The van der Waals surface area contributed by atoms with Crippen LogP contribution in [-0.4, -0.2) is 26.4 Å². The van der Waals surface area contributed by atoms with E-state index < -0.39 is 0 Å². The highest BCUT2D eigenvalue weighted by Crippen LogP contribution is 2.39. The highest BCUT2D eigenvalue weighted by molar-refractivity contribution is 7.99. The summed E-state index contributed by atoms with van der Waals surface area (Å²) in [5, 5.41) is 0.738. The summed E-state index contributed by atoms with van der Waals surface area (Å²) in [5.41, 5.74) is 1.80. The van der Waals surface area contributed by atoms with Crippen molar-refractivity contribution in [1.82, 2.24) is 9.55 Å². The molecule has 0 amide bonds. The van der Waals surface area contributed by atoms with Crippen molar-refractivity contribution in [2.45, 2.75) is 43.9 Å². The molecule has 1 fully saturated rings. The molecule has 0 aliphatic heterocycles. The van der Waals surface area contributed by atoms with Crippen LogP contribution >= 0.6 is 23.4 Å². The van der Waals surface area contributed by atoms with Gasteiger partial charge in [0.25, 0.3) is 0 Å². The molecule has 21 heavy (non-hydrogen) atoms. The van der Waals surface area contributed by atoms with Crippen LogP contribution in [0.3, 0.4) is 0 Å². The van der Waals surface area contributed by atoms with Gasteiger partial charge >= 0.3 is 0 Å². The predicted octanol–water partition coefficient (Wildman–Crippen LogP) is 4.80. The molecule has 0 spiro atoms. The topological polar surface area (TPSA) is 17.8 Å². The van der Waals surface area contributed by atoms with E-state index in [0.717, 1.165) is 28.5 Å². The Morgan fingerprint density at radius 3 is 3.05 bits per heavy atom. The number of benzene rings is 1. The number of alkyl halides is 1. The summed E-state index contributed by atoms with van der Waals surface area (Å²) >= 11 is 7.97. The molecule has 1 saturated carbocycles. The first-order chi connectivity index (χ1) is 10.2. The number of thioether (sulfide) groups is 1. The number of hydrogen-bond acceptors (Lipinski definition) is 2. The molecule has 1 aliphatic rings. The molecule has 114 valence electrons. The lowest BCUT2D eigenvalue weighted by molar-refractivity contribution is 0.514. The van der Waals surface area contributed by atoms with Crippen molar-refractivity contribution in [3.8, 4) is 0 Å². The SMILES string of the molecule is CCSC1CCC(n2c(CCCl)nc3cc(F)ccc32)C1. The summed E-state index contributed by atoms with van der Waals surface area (Å²) in [6.45, 7) is 2.21. The van der Waals surface area contributed by atoms with Gasteiger partial charge in [0, 0.05) is 29.7 Å². The Labute approximate surface area is 134 Å². The Hall–Kier alpha value is -0.740. The van der Waals surface area contributed by atoms with Crippen molar-refractivity contribution in [2.75, 3.05) is 11.6 Å². The maximum atomic E-state index is 13.4. The zero-order valence-corrected chi connectivity index (χ0v) is 13.8. The summed E-state index contributed by atoms with van der Waals surface area (Å²) in [5.74, 6) is 2.49. The molecular formula is C16H20ClFN2S. The van der Waals surface area contributed by atoms with Gasteiger partial charge in [0.1, 0.15) is 11.6 Å². The number of aryl methyl sites for hydroxylation is 1. The average Bonchev–Trinajstić information content (AvgIpc) is 3.03. The molecule has 0 radical (unpaired) electrons. The normalized spacial score (nSPS) is 22.2. The van der Waals surface area contributed by atoms with Crippen molar-refractivity contribution >= 4 is 34.4 Å². The molecule has 0 bridgehead atoms. The van der Waals surface area contributed by atoms with Crippen LogP contribution in [0.15, 0.2) is 18.2 Å². The van der Waals surface area contributed by atoms with Crippen LogP contribution in [0.1, 0.15) is 38.1 Å². The summed E-state index contributed by atoms with van der Waals surface area (Å²) in [4.78, 5) is 4.61. The second-order valence-electron chi connectivity index (χ2n) is 5.51. The lowest BCUT2D eigenvalue weighted by atomic mass is 10.2. The van der Waals surface area contributed by atoms with E-state index in [1.54, 1.807) is 0 Å². The van der Waals surface area contributed by atoms with Crippen molar-refractivity contribution in [2.24, 2.45) is 0 Å². The monoisotopic (exact) mass is 326 g/mol. The van der Waals surface area contributed by atoms with Gasteiger partial charge in [-0.25, -0.2) is 9.37 Å². The molecule has 2 atom stereocenters. The summed E-state index contributed by atoms with van der Waals surface area (Å²) in [7, 11) is 0. The third kappa shape index (κ3) is 3.07. The third-order valence-corrected chi connectivity index (χ3v) is 5.59. The summed E-state index contributed by atoms with van der Waals surface area (Å²) in [6, 6.07) is 5.38. The van der Waals surface area contributed by atoms with Gasteiger partial charge in [-0.1, -0.05) is 6.92 Å². The van der Waals surface area contributed by atoms with Gasteiger partial charge < -0.3 is 4.57 Å². The second-order valence-corrected chi connectivity index (χ2v) is 7.47. The zero-order chi connectivity index (χ0) is 14.8. The van der Waals surface area contributed by atoms with E-state index in [1.807, 2.05) is 17.8 Å². The molecular weight excluding hydrogens is 307 g/mol. The molecule has 2 nitrogen and oxygen atoms in total. The van der Waals surface area contributed by atoms with Crippen molar-refractivity contribution in [3.63, 3.8) is 0 Å². The number of hydrogen-bond donors (Lipinski definition) is 0. The van der Waals surface area contributed by atoms with E-state index in [1.165, 1.54) is 37.1 Å². The Balaban J connectivity index is 1.97. The van der Waals surface area contributed by atoms with Crippen LogP contribution < -0.4 is 0 Å². The minimum absolute atomic E-state index is 0.226. The Bertz CT molecular complexity index is 628. The molecule has 5 heteroatoms. The number of rotatable bonds is 5. The first-order valence-electron chi connectivity index (χ1n) is 7.56. The minimum atomic E-state index is -0.226. The van der Waals surface area contributed by atoms with Crippen LogP contribution in [0.25, 0.3) is 11.0 Å². The van der Waals surface area contributed by atoms with Crippen molar-refractivity contribution < 1.29 is 4.39 Å². The summed E-state index contributed by atoms with van der Waals surface area (Å²) < 4.78 is 15.7. The van der Waals surface area contributed by atoms with Gasteiger partial charge in [0.05, 0.1) is 11.0 Å². The van der Waals surface area contributed by atoms with E-state index in [2.05, 4.69) is 16.5 Å². The average molecular weight is 327 g/mol. The lowest BCUT2D eigenvalue weighted by Gasteiger charge is -2.17. The number of aromatic nitrogens is 2. The van der Waals surface area contributed by atoms with Gasteiger partial charge in [-0.3, -0.25) is 0 Å². The molecule has 2 unspecified atom stereocenters. The van der Waals surface area contributed by atoms with E-state index in [9.17, 15) is 4.39 Å². The highest BCUT2D eigenvalue weighted by atomic mass is 35.5. The predicted molar refractivity (Wildman–Crippen MR) is 88.9 cm³/mol. The largest absolute Gasteiger partial charge is 0.325 e. The zero-order valence-electron chi connectivity index (χ0n) is 12.2. The molecule has 1 heterocycles. The Morgan fingerprint density at radius 1 is 1.43 bits per heavy atom. The highest BCUT2D eigenvalue weighted by Gasteiger charge is 2.28. The number of nitrogens with zero attached hydrogens (tertiary/aromatic N) is 2. The molecule has 0 saturated heterocycles. The Kier molecular flexibility index (Phi) is 4.75. The maximum Gasteiger partial charge on any atom is 0.125 e. The molecule has 2 aromatic rings. The standard InChI is InChI=1S/C16H20ClFN2S/c1-2-21-13-5-4-12(10-13)20-15-6-3-11(18)9-14(15)19-16(20)7-8-17/h3,6,9,12-13H,2,4-5,7-8,10H2,1H3. The van der Waals surface area contributed by atoms with Gasteiger partial charge in [0.2, 0.25) is 0 Å². The van der Waals surface area contributed by atoms with E-state index in [-0.39, 0.29) is 5.82 Å². The van der Waals surface area contributed by atoms with Gasteiger partial charge in [-0.2, -0.15) is 11.8 Å². The number of halogens is 2.